The number of hydrogen-bond acceptors (Lipinski definition) is 4. The average Bonchev–Trinajstić information content (AvgIpc) is 2.95. The second-order valence-electron chi connectivity index (χ2n) is 9.80. The molecular weight excluding hydrogens is 370 g/mol. The van der Waals surface area contributed by atoms with E-state index < -0.39 is 0 Å². The Hall–Kier alpha value is -1.43. The SMILES string of the molecule is CC(=O)OC1CCC2C3CCC4=CC(=NNC(N)=S)CCC4(C)C3CCC12C. The van der Waals surface area contributed by atoms with E-state index in [0.29, 0.717) is 5.92 Å². The van der Waals surface area contributed by atoms with Crippen molar-refractivity contribution in [1.29, 1.82) is 0 Å². The monoisotopic (exact) mass is 403 g/mol. The van der Waals surface area contributed by atoms with Gasteiger partial charge in [-0.15, -0.1) is 0 Å². The Bertz CT molecular complexity index is 748. The third-order valence-corrected chi connectivity index (χ3v) is 8.60. The van der Waals surface area contributed by atoms with Gasteiger partial charge in [-0.2, -0.15) is 5.10 Å². The fraction of sp³-hybridized carbons (Fsp3) is 0.773. The number of nitrogens with one attached hydrogen (secondary N) is 1. The minimum Gasteiger partial charge on any atom is -0.462 e. The summed E-state index contributed by atoms with van der Waals surface area (Å²) in [7, 11) is 0. The Kier molecular flexibility index (Phi) is 5.05. The molecule has 0 bridgehead atoms. The highest BCUT2D eigenvalue weighted by Gasteiger charge is 2.59. The van der Waals surface area contributed by atoms with Gasteiger partial charge in [-0.3, -0.25) is 10.2 Å². The van der Waals surface area contributed by atoms with Gasteiger partial charge in [0.1, 0.15) is 6.10 Å². The van der Waals surface area contributed by atoms with Gasteiger partial charge in [0.25, 0.3) is 0 Å². The van der Waals surface area contributed by atoms with E-state index in [9.17, 15) is 4.79 Å². The molecule has 6 heteroatoms. The van der Waals surface area contributed by atoms with Crippen LogP contribution in [0.3, 0.4) is 0 Å². The number of nitrogens with two attached hydrogens (primary N) is 1. The van der Waals surface area contributed by atoms with Crippen molar-refractivity contribution in [3.8, 4) is 0 Å². The van der Waals surface area contributed by atoms with Crippen LogP contribution in [0.4, 0.5) is 0 Å². The lowest BCUT2D eigenvalue weighted by atomic mass is 9.47. The lowest BCUT2D eigenvalue weighted by molar-refractivity contribution is -0.157. The molecule has 4 aliphatic rings. The van der Waals surface area contributed by atoms with Gasteiger partial charge in [-0.05, 0) is 92.8 Å². The molecule has 0 radical (unpaired) electrons. The minimum absolute atomic E-state index is 0.108. The number of ether oxygens (including phenoxy) is 1. The quantitative estimate of drug-likeness (QED) is 0.413. The molecule has 5 nitrogen and oxygen atoms in total. The first-order chi connectivity index (χ1) is 13.2. The van der Waals surface area contributed by atoms with Crippen molar-refractivity contribution < 1.29 is 9.53 Å². The summed E-state index contributed by atoms with van der Waals surface area (Å²) in [4.78, 5) is 11.6. The molecule has 3 fully saturated rings. The number of carbonyl (C=O) groups is 1. The van der Waals surface area contributed by atoms with Crippen LogP contribution in [0.1, 0.15) is 72.1 Å². The lowest BCUT2D eigenvalue weighted by Gasteiger charge is -2.58. The van der Waals surface area contributed by atoms with Crippen molar-refractivity contribution in [2.45, 2.75) is 78.2 Å². The van der Waals surface area contributed by atoms with E-state index in [1.54, 1.807) is 12.5 Å². The van der Waals surface area contributed by atoms with Gasteiger partial charge in [0.15, 0.2) is 5.11 Å². The van der Waals surface area contributed by atoms with Crippen LogP contribution < -0.4 is 11.2 Å². The third kappa shape index (κ3) is 3.17. The predicted molar refractivity (Wildman–Crippen MR) is 115 cm³/mol. The largest absolute Gasteiger partial charge is 0.462 e. The minimum atomic E-state index is -0.125. The Morgan fingerprint density at radius 3 is 2.71 bits per heavy atom. The van der Waals surface area contributed by atoms with Crippen LogP contribution >= 0.6 is 12.2 Å². The van der Waals surface area contributed by atoms with Crippen molar-refractivity contribution >= 4 is 29.0 Å². The summed E-state index contributed by atoms with van der Waals surface area (Å²) in [6.45, 7) is 6.41. The molecule has 0 aliphatic heterocycles. The van der Waals surface area contributed by atoms with Crippen LogP contribution in [-0.2, 0) is 9.53 Å². The van der Waals surface area contributed by atoms with Crippen molar-refractivity contribution in [3.63, 3.8) is 0 Å². The third-order valence-electron chi connectivity index (χ3n) is 8.51. The number of carbonyl (C=O) groups excluding carboxylic acids is 1. The number of hydrogen-bond donors (Lipinski definition) is 2. The molecule has 0 aromatic carbocycles. The van der Waals surface area contributed by atoms with Crippen LogP contribution in [0.25, 0.3) is 0 Å². The standard InChI is InChI=1S/C22H33N3O2S/c1-13(26)27-19-7-6-17-16-5-4-14-12-15(24-25-20(23)28)8-10-21(14,2)18(16)9-11-22(17,19)3/h12,16-19H,4-11H2,1-3H3,(H3,23,25,28). The van der Waals surface area contributed by atoms with E-state index in [0.717, 1.165) is 43.2 Å². The maximum absolute atomic E-state index is 11.6. The summed E-state index contributed by atoms with van der Waals surface area (Å²) < 4.78 is 5.76. The zero-order valence-corrected chi connectivity index (χ0v) is 18.1. The first kappa shape index (κ1) is 19.9. The second-order valence-corrected chi connectivity index (χ2v) is 10.2. The van der Waals surface area contributed by atoms with Gasteiger partial charge < -0.3 is 10.5 Å². The van der Waals surface area contributed by atoms with Crippen molar-refractivity contribution in [3.05, 3.63) is 11.6 Å². The number of esters is 1. The van der Waals surface area contributed by atoms with Crippen LogP contribution in [-0.4, -0.2) is 22.9 Å². The molecule has 154 valence electrons. The van der Waals surface area contributed by atoms with Gasteiger partial charge in [0.2, 0.25) is 0 Å². The highest BCUT2D eigenvalue weighted by Crippen LogP contribution is 2.65. The highest BCUT2D eigenvalue weighted by atomic mass is 32.1. The molecule has 0 aromatic rings. The fourth-order valence-electron chi connectivity index (χ4n) is 7.13. The molecule has 0 saturated heterocycles. The van der Waals surface area contributed by atoms with E-state index in [-0.39, 0.29) is 28.0 Å². The topological polar surface area (TPSA) is 76.7 Å². The zero-order chi connectivity index (χ0) is 20.1. The molecule has 28 heavy (non-hydrogen) atoms. The van der Waals surface area contributed by atoms with Crippen LogP contribution in [0.15, 0.2) is 16.8 Å². The smallest absolute Gasteiger partial charge is 0.302 e. The maximum Gasteiger partial charge on any atom is 0.302 e. The molecule has 0 amide bonds. The highest BCUT2D eigenvalue weighted by molar-refractivity contribution is 7.80. The zero-order valence-electron chi connectivity index (χ0n) is 17.3. The predicted octanol–water partition coefficient (Wildman–Crippen LogP) is 4.07. The summed E-state index contributed by atoms with van der Waals surface area (Å²) in [5.41, 5.74) is 11.3. The number of fused-ring (bicyclic) bond motifs is 5. The molecule has 3 saturated carbocycles. The first-order valence-electron chi connectivity index (χ1n) is 10.7. The number of hydrazone groups is 1. The van der Waals surface area contributed by atoms with E-state index in [1.165, 1.54) is 25.7 Å². The van der Waals surface area contributed by atoms with Crippen LogP contribution in [0, 0.1) is 28.6 Å². The molecule has 4 aliphatic carbocycles. The molecule has 0 spiro atoms. The Morgan fingerprint density at radius 2 is 2.00 bits per heavy atom. The average molecular weight is 404 g/mol. The Balaban J connectivity index is 1.56. The Morgan fingerprint density at radius 1 is 1.21 bits per heavy atom. The summed E-state index contributed by atoms with van der Waals surface area (Å²) >= 11 is 4.87. The number of allylic oxidation sites excluding steroid dienone is 2. The van der Waals surface area contributed by atoms with Crippen molar-refractivity contribution in [2.24, 2.45) is 39.4 Å². The maximum atomic E-state index is 11.6. The molecule has 3 N–H and O–H groups in total. The number of thiocarbonyl (C=S) groups is 1. The van der Waals surface area contributed by atoms with Crippen LogP contribution in [0.5, 0.6) is 0 Å². The molecule has 6 unspecified atom stereocenters. The van der Waals surface area contributed by atoms with Crippen molar-refractivity contribution in [1.82, 2.24) is 5.43 Å². The lowest BCUT2D eigenvalue weighted by Crippen LogP contribution is -2.51. The summed E-state index contributed by atoms with van der Waals surface area (Å²) in [5, 5.41) is 4.61. The van der Waals surface area contributed by atoms with Gasteiger partial charge in [-0.25, -0.2) is 0 Å². The molecule has 6 atom stereocenters. The van der Waals surface area contributed by atoms with E-state index >= 15 is 0 Å². The summed E-state index contributed by atoms with van der Waals surface area (Å²) in [6.07, 6.45) is 11.6. The first-order valence-corrected chi connectivity index (χ1v) is 11.1. The van der Waals surface area contributed by atoms with Gasteiger partial charge in [0.05, 0.1) is 5.71 Å². The second kappa shape index (κ2) is 7.12. The molecule has 0 heterocycles. The van der Waals surface area contributed by atoms with Gasteiger partial charge in [0, 0.05) is 12.3 Å². The van der Waals surface area contributed by atoms with E-state index in [2.05, 4.69) is 30.5 Å². The van der Waals surface area contributed by atoms with Crippen molar-refractivity contribution in [2.75, 3.05) is 0 Å². The molecule has 4 rings (SSSR count). The van der Waals surface area contributed by atoms with E-state index in [4.69, 9.17) is 22.7 Å². The molecular formula is C22H33N3O2S. The number of rotatable bonds is 2. The van der Waals surface area contributed by atoms with Gasteiger partial charge >= 0.3 is 5.97 Å². The Labute approximate surface area is 173 Å². The normalized spacial score (nSPS) is 43.4. The fourth-order valence-corrected chi connectivity index (χ4v) is 7.18. The number of nitrogens with zero attached hydrogens (tertiary/aromatic N) is 1. The summed E-state index contributed by atoms with van der Waals surface area (Å²) in [6, 6.07) is 0. The molecule has 0 aromatic heterocycles. The van der Waals surface area contributed by atoms with Gasteiger partial charge in [-0.1, -0.05) is 19.4 Å². The summed E-state index contributed by atoms with van der Waals surface area (Å²) in [5.74, 6) is 2.03. The van der Waals surface area contributed by atoms with Crippen LogP contribution in [0.2, 0.25) is 0 Å². The van der Waals surface area contributed by atoms with E-state index in [1.807, 2.05) is 0 Å².